The molecule has 3 heteroatoms. The Bertz CT molecular complexity index is 205. The molecule has 1 heterocycles. The molecule has 1 aliphatic carbocycles. The van der Waals surface area contributed by atoms with Crippen LogP contribution in [0, 0.1) is 5.92 Å². The lowest BCUT2D eigenvalue weighted by Crippen LogP contribution is -2.66. The number of nitrogens with zero attached hydrogens (tertiary/aromatic N) is 1. The number of rotatable bonds is 2. The maximum atomic E-state index is 11.0. The summed E-state index contributed by atoms with van der Waals surface area (Å²) in [4.78, 5) is 13.1. The SMILES string of the molecule is CC1CN(C2(C(=O)O)CCC2)C1. The molecule has 0 bridgehead atoms. The summed E-state index contributed by atoms with van der Waals surface area (Å²) in [5.41, 5.74) is -0.452. The number of hydrogen-bond acceptors (Lipinski definition) is 2. The molecule has 1 saturated carbocycles. The predicted octanol–water partition coefficient (Wildman–Crippen LogP) is 0.945. The number of carboxylic acids is 1. The van der Waals surface area contributed by atoms with Crippen molar-refractivity contribution in [3.05, 3.63) is 0 Å². The van der Waals surface area contributed by atoms with Crippen LogP contribution in [0.15, 0.2) is 0 Å². The van der Waals surface area contributed by atoms with Gasteiger partial charge in [0.2, 0.25) is 0 Å². The van der Waals surface area contributed by atoms with Crippen LogP contribution in [0.5, 0.6) is 0 Å². The van der Waals surface area contributed by atoms with Gasteiger partial charge >= 0.3 is 5.97 Å². The van der Waals surface area contributed by atoms with Crippen LogP contribution in [-0.4, -0.2) is 34.6 Å². The smallest absolute Gasteiger partial charge is 0.324 e. The molecule has 0 unspecified atom stereocenters. The number of carboxylic acid groups (broad SMARTS) is 1. The van der Waals surface area contributed by atoms with Crippen LogP contribution in [0.2, 0.25) is 0 Å². The molecule has 68 valence electrons. The molecule has 12 heavy (non-hydrogen) atoms. The van der Waals surface area contributed by atoms with E-state index < -0.39 is 11.5 Å². The first-order valence-electron chi connectivity index (χ1n) is 4.63. The van der Waals surface area contributed by atoms with Gasteiger partial charge in [0.1, 0.15) is 5.54 Å². The van der Waals surface area contributed by atoms with E-state index in [1.807, 2.05) is 0 Å². The molecule has 0 aromatic carbocycles. The third kappa shape index (κ3) is 0.891. The molecule has 2 aliphatic rings. The molecule has 0 spiro atoms. The van der Waals surface area contributed by atoms with Crippen molar-refractivity contribution in [2.75, 3.05) is 13.1 Å². The molecule has 1 saturated heterocycles. The minimum Gasteiger partial charge on any atom is -0.480 e. The number of aliphatic carboxylic acids is 1. The molecule has 2 fully saturated rings. The average molecular weight is 169 g/mol. The van der Waals surface area contributed by atoms with Gasteiger partial charge in [0.15, 0.2) is 0 Å². The first-order chi connectivity index (χ1) is 5.65. The van der Waals surface area contributed by atoms with Crippen molar-refractivity contribution in [2.45, 2.75) is 31.7 Å². The fraction of sp³-hybridized carbons (Fsp3) is 0.889. The molecule has 2 rings (SSSR count). The Kier molecular flexibility index (Phi) is 1.65. The number of hydrogen-bond donors (Lipinski definition) is 1. The number of likely N-dealkylation sites (tertiary alicyclic amines) is 1. The van der Waals surface area contributed by atoms with Crippen LogP contribution in [0.25, 0.3) is 0 Å². The summed E-state index contributed by atoms with van der Waals surface area (Å²) in [7, 11) is 0. The Morgan fingerprint density at radius 2 is 2.08 bits per heavy atom. The molecule has 1 N–H and O–H groups in total. The highest BCUT2D eigenvalue weighted by molar-refractivity contribution is 5.80. The summed E-state index contributed by atoms with van der Waals surface area (Å²) < 4.78 is 0. The Labute approximate surface area is 72.4 Å². The first-order valence-corrected chi connectivity index (χ1v) is 4.63. The van der Waals surface area contributed by atoms with Crippen molar-refractivity contribution in [2.24, 2.45) is 5.92 Å². The molecule has 0 aromatic heterocycles. The van der Waals surface area contributed by atoms with E-state index in [1.54, 1.807) is 0 Å². The van der Waals surface area contributed by atoms with Crippen LogP contribution >= 0.6 is 0 Å². The topological polar surface area (TPSA) is 40.5 Å². The standard InChI is InChI=1S/C9H15NO2/c1-7-5-10(6-7)9(8(11)12)3-2-4-9/h7H,2-6H2,1H3,(H,11,12). The zero-order valence-corrected chi connectivity index (χ0v) is 7.42. The normalized spacial score (nSPS) is 29.1. The van der Waals surface area contributed by atoms with Gasteiger partial charge in [-0.1, -0.05) is 6.92 Å². The van der Waals surface area contributed by atoms with Crippen LogP contribution < -0.4 is 0 Å². The monoisotopic (exact) mass is 169 g/mol. The highest BCUT2D eigenvalue weighted by Crippen LogP contribution is 2.41. The summed E-state index contributed by atoms with van der Waals surface area (Å²) in [5, 5.41) is 9.06. The predicted molar refractivity (Wildman–Crippen MR) is 45.0 cm³/mol. The quantitative estimate of drug-likeness (QED) is 0.669. The van der Waals surface area contributed by atoms with Crippen molar-refractivity contribution < 1.29 is 9.90 Å². The summed E-state index contributed by atoms with van der Waals surface area (Å²) in [6.45, 7) is 4.13. The third-order valence-electron chi connectivity index (χ3n) is 3.25. The van der Waals surface area contributed by atoms with Crippen molar-refractivity contribution in [1.29, 1.82) is 0 Å². The van der Waals surface area contributed by atoms with Gasteiger partial charge in [-0.05, 0) is 25.2 Å². The van der Waals surface area contributed by atoms with Crippen molar-refractivity contribution in [3.63, 3.8) is 0 Å². The summed E-state index contributed by atoms with van der Waals surface area (Å²) >= 11 is 0. The highest BCUT2D eigenvalue weighted by Gasteiger charge is 2.52. The zero-order valence-electron chi connectivity index (χ0n) is 7.42. The molecule has 0 radical (unpaired) electrons. The summed E-state index contributed by atoms with van der Waals surface area (Å²) in [6, 6.07) is 0. The van der Waals surface area contributed by atoms with Crippen molar-refractivity contribution >= 4 is 5.97 Å². The van der Waals surface area contributed by atoms with E-state index in [4.69, 9.17) is 5.11 Å². The van der Waals surface area contributed by atoms with Crippen molar-refractivity contribution in [1.82, 2.24) is 4.90 Å². The lowest BCUT2D eigenvalue weighted by molar-refractivity contribution is -0.165. The van der Waals surface area contributed by atoms with Gasteiger partial charge in [-0.15, -0.1) is 0 Å². The van der Waals surface area contributed by atoms with Gasteiger partial charge in [-0.3, -0.25) is 9.69 Å². The zero-order chi connectivity index (χ0) is 8.77. The van der Waals surface area contributed by atoms with Crippen molar-refractivity contribution in [3.8, 4) is 0 Å². The molecular formula is C9H15NO2. The second-order valence-corrected chi connectivity index (χ2v) is 4.20. The minimum absolute atomic E-state index is 0.452. The Hall–Kier alpha value is -0.570. The maximum absolute atomic E-state index is 11.0. The van der Waals surface area contributed by atoms with Gasteiger partial charge in [-0.25, -0.2) is 0 Å². The summed E-state index contributed by atoms with van der Waals surface area (Å²) in [6.07, 6.45) is 2.79. The van der Waals surface area contributed by atoms with E-state index in [0.29, 0.717) is 5.92 Å². The van der Waals surface area contributed by atoms with Crippen LogP contribution in [0.3, 0.4) is 0 Å². The van der Waals surface area contributed by atoms with E-state index in [9.17, 15) is 4.79 Å². The second kappa shape index (κ2) is 2.46. The van der Waals surface area contributed by atoms with Crippen LogP contribution in [0.4, 0.5) is 0 Å². The van der Waals surface area contributed by atoms with E-state index in [0.717, 1.165) is 32.4 Å². The lowest BCUT2D eigenvalue weighted by Gasteiger charge is -2.53. The highest BCUT2D eigenvalue weighted by atomic mass is 16.4. The second-order valence-electron chi connectivity index (χ2n) is 4.20. The van der Waals surface area contributed by atoms with Crippen LogP contribution in [-0.2, 0) is 4.79 Å². The first kappa shape index (κ1) is 8.05. The average Bonchev–Trinajstić information content (AvgIpc) is 1.80. The van der Waals surface area contributed by atoms with Crippen LogP contribution in [0.1, 0.15) is 26.2 Å². The molecule has 0 amide bonds. The molecule has 0 atom stereocenters. The molecular weight excluding hydrogens is 154 g/mol. The Balaban J connectivity index is 2.03. The van der Waals surface area contributed by atoms with Gasteiger partial charge in [0.25, 0.3) is 0 Å². The molecule has 1 aliphatic heterocycles. The largest absolute Gasteiger partial charge is 0.480 e. The number of carbonyl (C=O) groups is 1. The fourth-order valence-electron chi connectivity index (χ4n) is 2.23. The van der Waals surface area contributed by atoms with Gasteiger partial charge < -0.3 is 5.11 Å². The molecule has 0 aromatic rings. The maximum Gasteiger partial charge on any atom is 0.324 e. The third-order valence-corrected chi connectivity index (χ3v) is 3.25. The van der Waals surface area contributed by atoms with Gasteiger partial charge in [0, 0.05) is 13.1 Å². The van der Waals surface area contributed by atoms with Gasteiger partial charge in [-0.2, -0.15) is 0 Å². The fourth-order valence-corrected chi connectivity index (χ4v) is 2.23. The lowest BCUT2D eigenvalue weighted by atomic mass is 9.73. The van der Waals surface area contributed by atoms with E-state index in [1.165, 1.54) is 0 Å². The van der Waals surface area contributed by atoms with E-state index in [2.05, 4.69) is 11.8 Å². The summed E-state index contributed by atoms with van der Waals surface area (Å²) in [5.74, 6) is 0.0856. The van der Waals surface area contributed by atoms with E-state index >= 15 is 0 Å². The Morgan fingerprint density at radius 3 is 2.33 bits per heavy atom. The molecule has 3 nitrogen and oxygen atoms in total. The Morgan fingerprint density at radius 1 is 1.50 bits per heavy atom. The van der Waals surface area contributed by atoms with Gasteiger partial charge in [0.05, 0.1) is 0 Å². The van der Waals surface area contributed by atoms with E-state index in [-0.39, 0.29) is 0 Å². The minimum atomic E-state index is -0.611.